The minimum atomic E-state index is -3.35. The Morgan fingerprint density at radius 3 is 2.75 bits per heavy atom. The molecule has 0 saturated heterocycles. The lowest BCUT2D eigenvalue weighted by Gasteiger charge is -2.16. The van der Waals surface area contributed by atoms with Gasteiger partial charge in [0.25, 0.3) is 0 Å². The largest absolute Gasteiger partial charge is 0.309 e. The molecule has 0 aromatic carbocycles. The van der Waals surface area contributed by atoms with Crippen molar-refractivity contribution in [1.82, 2.24) is 10.0 Å². The van der Waals surface area contributed by atoms with Gasteiger partial charge < -0.3 is 5.32 Å². The molecule has 2 aliphatic rings. The van der Waals surface area contributed by atoms with Crippen LogP contribution in [-0.2, 0) is 16.6 Å². The van der Waals surface area contributed by atoms with E-state index < -0.39 is 10.0 Å². The first kappa shape index (κ1) is 14.5. The molecule has 2 fully saturated rings. The van der Waals surface area contributed by atoms with Crippen molar-refractivity contribution in [3.05, 3.63) is 16.3 Å². The van der Waals surface area contributed by atoms with Gasteiger partial charge in [0.15, 0.2) is 0 Å². The summed E-state index contributed by atoms with van der Waals surface area (Å²) in [5.41, 5.74) is 0. The smallest absolute Gasteiger partial charge is 0.241 e. The van der Waals surface area contributed by atoms with Gasteiger partial charge in [-0.05, 0) is 37.7 Å². The predicted molar refractivity (Wildman–Crippen MR) is 81.3 cm³/mol. The summed E-state index contributed by atoms with van der Waals surface area (Å²) in [6.45, 7) is 2.91. The maximum atomic E-state index is 12.4. The molecule has 112 valence electrons. The number of sulfonamides is 1. The average Bonchev–Trinajstić information content (AvgIpc) is 2.95. The van der Waals surface area contributed by atoms with E-state index >= 15 is 0 Å². The van der Waals surface area contributed by atoms with E-state index in [0.717, 1.165) is 30.7 Å². The molecule has 0 amide bonds. The average molecular weight is 314 g/mol. The highest BCUT2D eigenvalue weighted by Crippen LogP contribution is 2.28. The highest BCUT2D eigenvalue weighted by Gasteiger charge is 2.29. The molecule has 20 heavy (non-hydrogen) atoms. The Labute approximate surface area is 125 Å². The van der Waals surface area contributed by atoms with E-state index in [0.29, 0.717) is 16.9 Å². The third-order valence-corrected chi connectivity index (χ3v) is 6.81. The zero-order valence-electron chi connectivity index (χ0n) is 11.8. The summed E-state index contributed by atoms with van der Waals surface area (Å²) >= 11 is 1.52. The fourth-order valence-corrected chi connectivity index (χ4v) is 5.32. The molecule has 1 aromatic heterocycles. The van der Waals surface area contributed by atoms with E-state index in [2.05, 4.69) is 17.0 Å². The third kappa shape index (κ3) is 3.42. The van der Waals surface area contributed by atoms with Crippen LogP contribution >= 0.6 is 11.3 Å². The van der Waals surface area contributed by atoms with Crippen molar-refractivity contribution < 1.29 is 8.42 Å². The van der Waals surface area contributed by atoms with Gasteiger partial charge in [-0.15, -0.1) is 11.3 Å². The first-order valence-electron chi connectivity index (χ1n) is 7.38. The molecule has 6 heteroatoms. The molecule has 2 atom stereocenters. The van der Waals surface area contributed by atoms with E-state index in [4.69, 9.17) is 0 Å². The van der Waals surface area contributed by atoms with Crippen molar-refractivity contribution in [2.24, 2.45) is 5.92 Å². The molecule has 2 N–H and O–H groups in total. The fraction of sp³-hybridized carbons (Fsp3) is 0.714. The lowest BCUT2D eigenvalue weighted by molar-refractivity contribution is 0.476. The maximum Gasteiger partial charge on any atom is 0.241 e. The molecule has 2 unspecified atom stereocenters. The summed E-state index contributed by atoms with van der Waals surface area (Å²) in [5.74, 6) is 0.444. The number of thiophene rings is 1. The van der Waals surface area contributed by atoms with Crippen molar-refractivity contribution in [3.63, 3.8) is 0 Å². The molecule has 4 nitrogen and oxygen atoms in total. The van der Waals surface area contributed by atoms with Crippen LogP contribution in [0, 0.1) is 5.92 Å². The highest BCUT2D eigenvalue weighted by atomic mass is 32.2. The van der Waals surface area contributed by atoms with Crippen molar-refractivity contribution in [2.75, 3.05) is 0 Å². The van der Waals surface area contributed by atoms with E-state index in [1.54, 1.807) is 5.38 Å². The van der Waals surface area contributed by atoms with Gasteiger partial charge in [-0.2, -0.15) is 0 Å². The van der Waals surface area contributed by atoms with Crippen LogP contribution in [0.4, 0.5) is 0 Å². The second-order valence-corrected chi connectivity index (χ2v) is 8.75. The van der Waals surface area contributed by atoms with E-state index in [-0.39, 0.29) is 6.04 Å². The number of rotatable bonds is 6. The normalized spacial score (nSPS) is 27.1. The van der Waals surface area contributed by atoms with Crippen LogP contribution in [0.15, 0.2) is 16.3 Å². The van der Waals surface area contributed by atoms with Gasteiger partial charge in [0, 0.05) is 28.9 Å². The minimum Gasteiger partial charge on any atom is -0.309 e. The zero-order valence-corrected chi connectivity index (χ0v) is 13.4. The van der Waals surface area contributed by atoms with Crippen LogP contribution in [0.1, 0.15) is 43.9 Å². The van der Waals surface area contributed by atoms with Crippen LogP contribution < -0.4 is 10.0 Å². The summed E-state index contributed by atoms with van der Waals surface area (Å²) in [4.78, 5) is 1.52. The van der Waals surface area contributed by atoms with Crippen molar-refractivity contribution in [1.29, 1.82) is 0 Å². The number of nitrogens with one attached hydrogen (secondary N) is 2. The number of hydrogen-bond donors (Lipinski definition) is 2. The summed E-state index contributed by atoms with van der Waals surface area (Å²) in [6, 6.07) is 2.56. The Hall–Kier alpha value is -0.430. The second-order valence-electron chi connectivity index (χ2n) is 6.04. The molecular weight excluding hydrogens is 292 g/mol. The third-order valence-electron chi connectivity index (χ3n) is 4.25. The van der Waals surface area contributed by atoms with Crippen LogP contribution in [0.3, 0.4) is 0 Å². The van der Waals surface area contributed by atoms with Crippen molar-refractivity contribution in [2.45, 2.75) is 62.6 Å². The summed E-state index contributed by atoms with van der Waals surface area (Å²) in [7, 11) is -3.35. The molecule has 1 aromatic rings. The summed E-state index contributed by atoms with van der Waals surface area (Å²) < 4.78 is 27.6. The minimum absolute atomic E-state index is 0.105. The molecule has 3 rings (SSSR count). The molecule has 1 heterocycles. The van der Waals surface area contributed by atoms with Gasteiger partial charge in [0.2, 0.25) is 10.0 Å². The predicted octanol–water partition coefficient (Wildman–Crippen LogP) is 2.47. The molecule has 0 spiro atoms. The van der Waals surface area contributed by atoms with Crippen LogP contribution in [0.25, 0.3) is 0 Å². The lowest BCUT2D eigenvalue weighted by atomic mass is 10.1. The fourth-order valence-electron chi connectivity index (χ4n) is 2.71. The van der Waals surface area contributed by atoms with Gasteiger partial charge in [-0.3, -0.25) is 0 Å². The van der Waals surface area contributed by atoms with Crippen LogP contribution in [0.5, 0.6) is 0 Å². The second kappa shape index (κ2) is 5.75. The Kier molecular flexibility index (Phi) is 4.17. The van der Waals surface area contributed by atoms with Gasteiger partial charge in [-0.1, -0.05) is 13.3 Å². The SMILES string of the molecule is CC1CCCC1NS(=O)(=O)c1csc(CNC2CC2)c1. The first-order chi connectivity index (χ1) is 9.54. The molecular formula is C14H22N2O2S2. The van der Waals surface area contributed by atoms with Gasteiger partial charge >= 0.3 is 0 Å². The Balaban J connectivity index is 1.63. The van der Waals surface area contributed by atoms with Gasteiger partial charge in [0.05, 0.1) is 4.90 Å². The van der Waals surface area contributed by atoms with E-state index in [1.807, 2.05) is 6.07 Å². The Morgan fingerprint density at radius 2 is 2.10 bits per heavy atom. The van der Waals surface area contributed by atoms with Crippen molar-refractivity contribution >= 4 is 21.4 Å². The molecule has 0 aliphatic heterocycles. The quantitative estimate of drug-likeness (QED) is 0.848. The summed E-state index contributed by atoms with van der Waals surface area (Å²) in [6.07, 6.45) is 5.69. The Bertz CT molecular complexity index is 563. The van der Waals surface area contributed by atoms with Gasteiger partial charge in [0.1, 0.15) is 0 Å². The van der Waals surface area contributed by atoms with Crippen LogP contribution in [0.2, 0.25) is 0 Å². The molecule has 0 radical (unpaired) electrons. The van der Waals surface area contributed by atoms with E-state index in [9.17, 15) is 8.42 Å². The zero-order chi connectivity index (χ0) is 14.2. The molecule has 2 aliphatic carbocycles. The standard InChI is InChI=1S/C14H22N2O2S2/c1-10-3-2-4-14(10)16-20(17,18)13-7-12(19-9-13)8-15-11-5-6-11/h7,9-11,14-16H,2-6,8H2,1H3. The van der Waals surface area contributed by atoms with Gasteiger partial charge in [-0.25, -0.2) is 13.1 Å². The number of hydrogen-bond acceptors (Lipinski definition) is 4. The summed E-state index contributed by atoms with van der Waals surface area (Å²) in [5, 5.41) is 5.17. The molecule has 0 bridgehead atoms. The lowest BCUT2D eigenvalue weighted by Crippen LogP contribution is -2.36. The topological polar surface area (TPSA) is 58.2 Å². The monoisotopic (exact) mass is 314 g/mol. The Morgan fingerprint density at radius 1 is 1.30 bits per heavy atom. The molecule has 2 saturated carbocycles. The van der Waals surface area contributed by atoms with E-state index in [1.165, 1.54) is 24.2 Å². The van der Waals surface area contributed by atoms with Crippen molar-refractivity contribution in [3.8, 4) is 0 Å². The van der Waals surface area contributed by atoms with Crippen LogP contribution in [-0.4, -0.2) is 20.5 Å². The highest BCUT2D eigenvalue weighted by molar-refractivity contribution is 7.89. The first-order valence-corrected chi connectivity index (χ1v) is 9.74. The maximum absolute atomic E-state index is 12.4.